The fourth-order valence-corrected chi connectivity index (χ4v) is 6.49. The van der Waals surface area contributed by atoms with Crippen LogP contribution in [0.2, 0.25) is 0 Å². The predicted octanol–water partition coefficient (Wildman–Crippen LogP) is 9.11. The lowest BCUT2D eigenvalue weighted by molar-refractivity contribution is 0.0180. The van der Waals surface area contributed by atoms with Crippen LogP contribution in [0.15, 0.2) is 24.3 Å². The molecule has 0 aliphatic heterocycles. The third kappa shape index (κ3) is 10.0. The highest BCUT2D eigenvalue weighted by Gasteiger charge is 2.29. The third-order valence-electron chi connectivity index (χ3n) is 8.84. The van der Waals surface area contributed by atoms with Crippen LogP contribution in [-0.4, -0.2) is 10.7 Å². The predicted molar refractivity (Wildman–Crippen MR) is 147 cm³/mol. The molecule has 0 unspecified atom stereocenters. The number of hydrogen-bond donors (Lipinski definition) is 2. The van der Waals surface area contributed by atoms with Gasteiger partial charge in [0.25, 0.3) is 0 Å². The van der Waals surface area contributed by atoms with Crippen molar-refractivity contribution in [1.82, 2.24) is 0 Å². The third-order valence-corrected chi connectivity index (χ3v) is 8.84. The first-order valence-corrected chi connectivity index (χ1v) is 15.2. The number of rotatable bonds is 3. The fourth-order valence-electron chi connectivity index (χ4n) is 6.49. The fraction of sp³-hybridized carbons (Fsp3) is 0.812. The van der Waals surface area contributed by atoms with Crippen LogP contribution in [0, 0.1) is 0 Å². The zero-order valence-electron chi connectivity index (χ0n) is 22.3. The highest BCUT2D eigenvalue weighted by molar-refractivity contribution is 5.29. The van der Waals surface area contributed by atoms with Gasteiger partial charge in [-0.25, -0.2) is 0 Å². The van der Waals surface area contributed by atoms with E-state index in [1.165, 1.54) is 133 Å². The average molecular weight is 470 g/mol. The van der Waals surface area contributed by atoms with Crippen LogP contribution in [-0.2, 0) is 12.0 Å². The maximum absolute atomic E-state index is 11.6. The summed E-state index contributed by atoms with van der Waals surface area (Å²) in [4.78, 5) is 0. The Bertz CT molecular complexity index is 625. The molecule has 2 heteroatoms. The van der Waals surface area contributed by atoms with E-state index >= 15 is 0 Å². The zero-order valence-corrected chi connectivity index (χ0v) is 22.3. The van der Waals surface area contributed by atoms with Crippen LogP contribution in [0.25, 0.3) is 0 Å². The van der Waals surface area contributed by atoms with E-state index in [0.29, 0.717) is 0 Å². The summed E-state index contributed by atoms with van der Waals surface area (Å²) < 4.78 is 0. The Morgan fingerprint density at radius 2 is 0.824 bits per heavy atom. The summed E-state index contributed by atoms with van der Waals surface area (Å²) in [5.41, 5.74) is 8.96. The molecular formula is C32H55NO. The van der Waals surface area contributed by atoms with Gasteiger partial charge in [0.1, 0.15) is 0 Å². The quantitative estimate of drug-likeness (QED) is 0.463. The number of hydrogen-bond acceptors (Lipinski definition) is 2. The van der Waals surface area contributed by atoms with Crippen molar-refractivity contribution in [2.45, 2.75) is 165 Å². The lowest BCUT2D eigenvalue weighted by atomic mass is 9.79. The van der Waals surface area contributed by atoms with E-state index in [2.05, 4.69) is 24.3 Å². The van der Waals surface area contributed by atoms with Crippen molar-refractivity contribution in [2.24, 2.45) is 5.73 Å². The molecular weight excluding hydrogens is 414 g/mol. The van der Waals surface area contributed by atoms with E-state index in [1.807, 2.05) is 0 Å². The molecule has 2 nitrogen and oxygen atoms in total. The largest absolute Gasteiger partial charge is 0.390 e. The number of benzene rings is 1. The van der Waals surface area contributed by atoms with Gasteiger partial charge < -0.3 is 10.8 Å². The summed E-state index contributed by atoms with van der Waals surface area (Å²) in [6.45, 7) is 0. The van der Waals surface area contributed by atoms with Gasteiger partial charge >= 0.3 is 0 Å². The molecule has 1 aromatic carbocycles. The molecule has 0 aromatic heterocycles. The SMILES string of the molecule is NC1(c2ccc(CC3(O)CCCCCCCCCCCC3)cc2)CCCCCCCCCCC1. The first-order chi connectivity index (χ1) is 16.6. The van der Waals surface area contributed by atoms with E-state index in [9.17, 15) is 5.11 Å². The number of nitrogens with two attached hydrogens (primary N) is 1. The van der Waals surface area contributed by atoms with E-state index in [-0.39, 0.29) is 5.54 Å². The van der Waals surface area contributed by atoms with E-state index in [1.54, 1.807) is 0 Å². The average Bonchev–Trinajstić information content (AvgIpc) is 2.84. The van der Waals surface area contributed by atoms with Crippen LogP contribution in [0.1, 0.15) is 159 Å². The maximum atomic E-state index is 11.6. The van der Waals surface area contributed by atoms with Gasteiger partial charge in [0.15, 0.2) is 0 Å². The normalized spacial score (nSPS) is 24.4. The molecule has 0 saturated heterocycles. The zero-order chi connectivity index (χ0) is 24.0. The first kappa shape index (κ1) is 27.7. The van der Waals surface area contributed by atoms with Crippen LogP contribution < -0.4 is 5.73 Å². The summed E-state index contributed by atoms with van der Waals surface area (Å²) >= 11 is 0. The van der Waals surface area contributed by atoms with Crippen LogP contribution >= 0.6 is 0 Å². The van der Waals surface area contributed by atoms with Gasteiger partial charge in [-0.05, 0) is 36.8 Å². The van der Waals surface area contributed by atoms with Crippen molar-refractivity contribution < 1.29 is 5.11 Å². The molecule has 0 bridgehead atoms. The van der Waals surface area contributed by atoms with Gasteiger partial charge in [-0.2, -0.15) is 0 Å². The molecule has 0 radical (unpaired) electrons. The molecule has 2 aliphatic rings. The first-order valence-electron chi connectivity index (χ1n) is 15.2. The van der Waals surface area contributed by atoms with Crippen LogP contribution in [0.5, 0.6) is 0 Å². The van der Waals surface area contributed by atoms with Crippen LogP contribution in [0.4, 0.5) is 0 Å². The van der Waals surface area contributed by atoms with Crippen molar-refractivity contribution >= 4 is 0 Å². The summed E-state index contributed by atoms with van der Waals surface area (Å²) in [6, 6.07) is 9.15. The standard InChI is InChI=1S/C32H55NO/c33-32(26-18-14-10-6-3-7-11-15-19-27-32)30-22-20-29(21-23-30)28-31(34)24-16-12-8-4-1-2-5-9-13-17-25-31/h20-23,34H,1-19,24-28,33H2. The Hall–Kier alpha value is -0.860. The van der Waals surface area contributed by atoms with Gasteiger partial charge in [0.2, 0.25) is 0 Å². The Balaban J connectivity index is 1.61. The van der Waals surface area contributed by atoms with Crippen molar-refractivity contribution in [3.63, 3.8) is 0 Å². The highest BCUT2D eigenvalue weighted by atomic mass is 16.3. The molecule has 1 aromatic rings. The molecule has 2 aliphatic carbocycles. The lowest BCUT2D eigenvalue weighted by Crippen LogP contribution is -2.37. The van der Waals surface area contributed by atoms with E-state index in [0.717, 1.165) is 32.1 Å². The molecule has 0 spiro atoms. The Kier molecular flexibility index (Phi) is 12.5. The Morgan fingerprint density at radius 1 is 0.500 bits per heavy atom. The molecule has 3 N–H and O–H groups in total. The van der Waals surface area contributed by atoms with Crippen molar-refractivity contribution in [2.75, 3.05) is 0 Å². The van der Waals surface area contributed by atoms with Gasteiger partial charge in [0, 0.05) is 12.0 Å². The minimum absolute atomic E-state index is 0.180. The van der Waals surface area contributed by atoms with Gasteiger partial charge in [-0.3, -0.25) is 0 Å². The van der Waals surface area contributed by atoms with E-state index < -0.39 is 5.60 Å². The molecule has 2 fully saturated rings. The molecule has 194 valence electrons. The lowest BCUT2D eigenvalue weighted by Gasteiger charge is -2.32. The highest BCUT2D eigenvalue weighted by Crippen LogP contribution is 2.33. The summed E-state index contributed by atoms with van der Waals surface area (Å²) in [7, 11) is 0. The number of aliphatic hydroxyl groups is 1. The van der Waals surface area contributed by atoms with Gasteiger partial charge in [-0.15, -0.1) is 0 Å². The Labute approximate surface area is 211 Å². The van der Waals surface area contributed by atoms with Crippen molar-refractivity contribution in [3.8, 4) is 0 Å². The minimum Gasteiger partial charge on any atom is -0.390 e. The maximum Gasteiger partial charge on any atom is 0.0688 e. The monoisotopic (exact) mass is 469 g/mol. The minimum atomic E-state index is -0.539. The second-order valence-electron chi connectivity index (χ2n) is 12.0. The molecule has 0 atom stereocenters. The van der Waals surface area contributed by atoms with Crippen molar-refractivity contribution in [3.05, 3.63) is 35.4 Å². The topological polar surface area (TPSA) is 46.2 Å². The second-order valence-corrected chi connectivity index (χ2v) is 12.0. The van der Waals surface area contributed by atoms with E-state index in [4.69, 9.17) is 5.73 Å². The van der Waals surface area contributed by atoms with Crippen LogP contribution in [0.3, 0.4) is 0 Å². The molecule has 0 heterocycles. The second kappa shape index (κ2) is 15.3. The van der Waals surface area contributed by atoms with Gasteiger partial charge in [-0.1, -0.05) is 146 Å². The smallest absolute Gasteiger partial charge is 0.0688 e. The van der Waals surface area contributed by atoms with Crippen molar-refractivity contribution in [1.29, 1.82) is 0 Å². The molecule has 34 heavy (non-hydrogen) atoms. The summed E-state index contributed by atoms with van der Waals surface area (Å²) in [5.74, 6) is 0. The van der Waals surface area contributed by atoms with Gasteiger partial charge in [0.05, 0.1) is 5.60 Å². The summed E-state index contributed by atoms with van der Waals surface area (Å²) in [6.07, 6.45) is 30.1. The molecule has 0 amide bonds. The Morgan fingerprint density at radius 3 is 1.21 bits per heavy atom. The molecule has 3 rings (SSSR count). The summed E-state index contributed by atoms with van der Waals surface area (Å²) in [5, 5.41) is 11.6. The molecule has 2 saturated carbocycles.